The van der Waals surface area contributed by atoms with Crippen LogP contribution in [0.5, 0.6) is 5.75 Å². The Bertz CT molecular complexity index is 1110. The van der Waals surface area contributed by atoms with Crippen molar-refractivity contribution in [1.29, 1.82) is 0 Å². The molecule has 0 amide bonds. The molecule has 2 aromatic carbocycles. The maximum atomic E-state index is 11.4. The van der Waals surface area contributed by atoms with E-state index in [1.807, 2.05) is 0 Å². The highest BCUT2D eigenvalue weighted by atomic mass is 16.5. The maximum Gasteiger partial charge on any atom is 0.337 e. The molecule has 1 aliphatic carbocycles. The Morgan fingerprint density at radius 2 is 1.94 bits per heavy atom. The van der Waals surface area contributed by atoms with Crippen molar-refractivity contribution in [3.63, 3.8) is 0 Å². The Kier molecular flexibility index (Phi) is 4.98. The number of hydrogen-bond donors (Lipinski definition) is 2. The summed E-state index contributed by atoms with van der Waals surface area (Å²) in [7, 11) is 2.07. The molecule has 0 saturated heterocycles. The average molecular weight is 415 g/mol. The molecule has 0 radical (unpaired) electrons. The third-order valence-electron chi connectivity index (χ3n) is 6.18. The summed E-state index contributed by atoms with van der Waals surface area (Å²) in [6.45, 7) is 1.14. The van der Waals surface area contributed by atoms with Crippen molar-refractivity contribution in [2.45, 2.75) is 24.7 Å². The SMILES string of the molecule is CN(c1ccc(C2CC2)cc1)c1ccc2c(c1)OC[C@H]2CNc1cnccc1C(=O)O. The van der Waals surface area contributed by atoms with E-state index >= 15 is 0 Å². The van der Waals surface area contributed by atoms with Crippen molar-refractivity contribution in [3.05, 3.63) is 77.6 Å². The van der Waals surface area contributed by atoms with E-state index in [0.29, 0.717) is 18.8 Å². The third kappa shape index (κ3) is 3.93. The summed E-state index contributed by atoms with van der Waals surface area (Å²) < 4.78 is 5.96. The molecule has 0 unspecified atom stereocenters. The number of carboxylic acid groups (broad SMARTS) is 1. The number of nitrogens with zero attached hydrogens (tertiary/aromatic N) is 2. The molecule has 1 aromatic heterocycles. The van der Waals surface area contributed by atoms with Crippen molar-refractivity contribution < 1.29 is 14.6 Å². The van der Waals surface area contributed by atoms with Crippen molar-refractivity contribution in [1.82, 2.24) is 4.98 Å². The number of benzene rings is 2. The first kappa shape index (κ1) is 19.4. The summed E-state index contributed by atoms with van der Waals surface area (Å²) in [5.41, 5.74) is 5.54. The molecular weight excluding hydrogens is 390 g/mol. The number of hydrogen-bond acceptors (Lipinski definition) is 5. The molecule has 1 fully saturated rings. The summed E-state index contributed by atoms with van der Waals surface area (Å²) in [6, 6.07) is 16.6. The van der Waals surface area contributed by atoms with Crippen LogP contribution < -0.4 is 15.0 Å². The molecule has 31 heavy (non-hydrogen) atoms. The van der Waals surface area contributed by atoms with Crippen molar-refractivity contribution in [2.24, 2.45) is 0 Å². The van der Waals surface area contributed by atoms with Gasteiger partial charge >= 0.3 is 5.97 Å². The Labute approximate surface area is 181 Å². The van der Waals surface area contributed by atoms with Crippen LogP contribution in [0.3, 0.4) is 0 Å². The number of nitrogens with one attached hydrogen (secondary N) is 1. The van der Waals surface area contributed by atoms with Gasteiger partial charge in [-0.05, 0) is 48.6 Å². The van der Waals surface area contributed by atoms with Crippen LogP contribution in [0.25, 0.3) is 0 Å². The van der Waals surface area contributed by atoms with E-state index in [0.717, 1.165) is 28.6 Å². The molecular formula is C25H25N3O3. The quantitative estimate of drug-likeness (QED) is 0.565. The van der Waals surface area contributed by atoms with Crippen LogP contribution in [0.4, 0.5) is 17.1 Å². The third-order valence-corrected chi connectivity index (χ3v) is 6.18. The van der Waals surface area contributed by atoms with E-state index in [2.05, 4.69) is 64.7 Å². The highest BCUT2D eigenvalue weighted by Gasteiger charge is 2.26. The lowest BCUT2D eigenvalue weighted by molar-refractivity contribution is 0.0698. The zero-order valence-electron chi connectivity index (χ0n) is 17.4. The normalized spacial score (nSPS) is 17.0. The molecule has 3 aromatic rings. The topological polar surface area (TPSA) is 74.7 Å². The van der Waals surface area contributed by atoms with Gasteiger partial charge in [-0.1, -0.05) is 18.2 Å². The van der Waals surface area contributed by atoms with Crippen LogP contribution in [0.1, 0.15) is 46.2 Å². The van der Waals surface area contributed by atoms with Gasteiger partial charge in [0.2, 0.25) is 0 Å². The minimum Gasteiger partial charge on any atom is -0.493 e. The minimum absolute atomic E-state index is 0.147. The second kappa shape index (κ2) is 7.95. The van der Waals surface area contributed by atoms with Gasteiger partial charge in [0, 0.05) is 48.7 Å². The summed E-state index contributed by atoms with van der Waals surface area (Å²) in [6.07, 6.45) is 5.66. The van der Waals surface area contributed by atoms with Crippen molar-refractivity contribution in [2.75, 3.05) is 30.4 Å². The van der Waals surface area contributed by atoms with Gasteiger partial charge in [-0.25, -0.2) is 4.79 Å². The van der Waals surface area contributed by atoms with E-state index < -0.39 is 5.97 Å². The number of carboxylic acids is 1. The highest BCUT2D eigenvalue weighted by molar-refractivity contribution is 5.93. The van der Waals surface area contributed by atoms with E-state index in [-0.39, 0.29) is 11.5 Å². The van der Waals surface area contributed by atoms with Crippen LogP contribution in [-0.2, 0) is 0 Å². The largest absolute Gasteiger partial charge is 0.493 e. The first-order valence-electron chi connectivity index (χ1n) is 10.6. The molecule has 158 valence electrons. The standard InChI is InChI=1S/C25H25N3O3/c1-28(19-6-4-17(5-7-19)16-2-3-16)20-8-9-21-18(15-31-24(21)12-20)13-27-23-14-26-11-10-22(23)25(29)30/h4-12,14,16,18,27H,2-3,13,15H2,1H3,(H,29,30)/t18-/m1/s1. The van der Waals surface area contributed by atoms with Gasteiger partial charge in [0.05, 0.1) is 24.1 Å². The van der Waals surface area contributed by atoms with Crippen LogP contribution in [0.2, 0.25) is 0 Å². The van der Waals surface area contributed by atoms with Gasteiger partial charge < -0.3 is 20.1 Å². The summed E-state index contributed by atoms with van der Waals surface area (Å²) in [5.74, 6) is 0.826. The number of anilines is 3. The van der Waals surface area contributed by atoms with Crippen LogP contribution in [-0.4, -0.2) is 36.3 Å². The minimum atomic E-state index is -0.967. The van der Waals surface area contributed by atoms with Gasteiger partial charge in [-0.2, -0.15) is 0 Å². The lowest BCUT2D eigenvalue weighted by atomic mass is 10.0. The van der Waals surface area contributed by atoms with Crippen LogP contribution in [0, 0.1) is 0 Å². The number of fused-ring (bicyclic) bond motifs is 1. The number of pyridine rings is 1. The molecule has 0 bridgehead atoms. The monoisotopic (exact) mass is 415 g/mol. The van der Waals surface area contributed by atoms with Gasteiger partial charge in [0.25, 0.3) is 0 Å². The van der Waals surface area contributed by atoms with Gasteiger partial charge in [-0.3, -0.25) is 4.98 Å². The molecule has 6 nitrogen and oxygen atoms in total. The maximum absolute atomic E-state index is 11.4. The zero-order valence-corrected chi connectivity index (χ0v) is 17.4. The van der Waals surface area contributed by atoms with Gasteiger partial charge in [0.15, 0.2) is 0 Å². The first-order chi connectivity index (χ1) is 15.1. The highest BCUT2D eigenvalue weighted by Crippen LogP contribution is 2.41. The summed E-state index contributed by atoms with van der Waals surface area (Å²) in [4.78, 5) is 17.6. The van der Waals surface area contributed by atoms with E-state index in [1.54, 1.807) is 6.20 Å². The molecule has 2 aliphatic rings. The van der Waals surface area contributed by atoms with Crippen molar-refractivity contribution in [3.8, 4) is 5.75 Å². The Balaban J connectivity index is 1.29. The summed E-state index contributed by atoms with van der Waals surface area (Å²) >= 11 is 0. The molecule has 5 rings (SSSR count). The predicted octanol–water partition coefficient (Wildman–Crippen LogP) is 5.01. The lowest BCUT2D eigenvalue weighted by Crippen LogP contribution is -2.16. The van der Waals surface area contributed by atoms with Crippen LogP contribution in [0.15, 0.2) is 60.9 Å². The first-order valence-corrected chi connectivity index (χ1v) is 10.6. The smallest absolute Gasteiger partial charge is 0.337 e. The van der Waals surface area contributed by atoms with E-state index in [1.165, 1.54) is 30.7 Å². The average Bonchev–Trinajstić information content (AvgIpc) is 3.57. The number of carbonyl (C=O) groups is 1. The fourth-order valence-corrected chi connectivity index (χ4v) is 4.13. The van der Waals surface area contributed by atoms with E-state index in [9.17, 15) is 9.90 Å². The molecule has 1 aliphatic heterocycles. The predicted molar refractivity (Wildman–Crippen MR) is 121 cm³/mol. The van der Waals surface area contributed by atoms with Crippen LogP contribution >= 0.6 is 0 Å². The van der Waals surface area contributed by atoms with Gasteiger partial charge in [0.1, 0.15) is 5.75 Å². The molecule has 2 N–H and O–H groups in total. The number of aromatic carboxylic acids is 1. The summed E-state index contributed by atoms with van der Waals surface area (Å²) in [5, 5.41) is 12.6. The lowest BCUT2D eigenvalue weighted by Gasteiger charge is -2.21. The zero-order chi connectivity index (χ0) is 21.4. The fourth-order valence-electron chi connectivity index (χ4n) is 4.13. The molecule has 2 heterocycles. The van der Waals surface area contributed by atoms with E-state index in [4.69, 9.17) is 4.74 Å². The number of ether oxygens (including phenoxy) is 1. The molecule has 0 spiro atoms. The van der Waals surface area contributed by atoms with Crippen molar-refractivity contribution >= 4 is 23.0 Å². The second-order valence-corrected chi connectivity index (χ2v) is 8.26. The number of aromatic nitrogens is 1. The Hall–Kier alpha value is -3.54. The number of rotatable bonds is 7. The fraction of sp³-hybridized carbons (Fsp3) is 0.280. The molecule has 6 heteroatoms. The molecule has 1 atom stereocenters. The van der Waals surface area contributed by atoms with Gasteiger partial charge in [-0.15, -0.1) is 0 Å². The Morgan fingerprint density at radius 3 is 2.68 bits per heavy atom. The second-order valence-electron chi connectivity index (χ2n) is 8.26. The molecule has 1 saturated carbocycles. The Morgan fingerprint density at radius 1 is 1.16 bits per heavy atom.